The first kappa shape index (κ1) is 27.9. The van der Waals surface area contributed by atoms with Crippen LogP contribution in [0.25, 0.3) is 11.1 Å². The SMILES string of the molecule is CCCCC[C@H]1CC[C@H](c2ccc(C(F)(F)Oc3ccccc3-c3ccc(OC(F)F)c(F)c3)cc2)CC1. The largest absolute Gasteiger partial charge is 0.432 e. The molecule has 0 aliphatic heterocycles. The Balaban J connectivity index is 1.44. The summed E-state index contributed by atoms with van der Waals surface area (Å²) in [6, 6.07) is 15.6. The summed E-state index contributed by atoms with van der Waals surface area (Å²) < 4.78 is 78.8. The molecule has 0 heterocycles. The van der Waals surface area contributed by atoms with E-state index in [9.17, 15) is 13.2 Å². The highest BCUT2D eigenvalue weighted by Gasteiger charge is 2.35. The number of benzene rings is 3. The molecule has 7 heteroatoms. The summed E-state index contributed by atoms with van der Waals surface area (Å²) in [7, 11) is 0. The van der Waals surface area contributed by atoms with Gasteiger partial charge >= 0.3 is 12.7 Å². The molecular formula is C31H33F5O2. The number of halogens is 5. The van der Waals surface area contributed by atoms with E-state index in [2.05, 4.69) is 11.7 Å². The van der Waals surface area contributed by atoms with Crippen molar-refractivity contribution >= 4 is 0 Å². The highest BCUT2D eigenvalue weighted by molar-refractivity contribution is 5.71. The molecule has 3 aromatic carbocycles. The Kier molecular flexibility index (Phi) is 9.29. The molecule has 0 saturated heterocycles. The lowest BCUT2D eigenvalue weighted by Gasteiger charge is -2.29. The van der Waals surface area contributed by atoms with E-state index < -0.39 is 24.3 Å². The number of alkyl halides is 4. The van der Waals surface area contributed by atoms with Gasteiger partial charge in [0.1, 0.15) is 5.75 Å². The lowest BCUT2D eigenvalue weighted by atomic mass is 9.77. The van der Waals surface area contributed by atoms with Gasteiger partial charge in [0.15, 0.2) is 11.6 Å². The fourth-order valence-corrected chi connectivity index (χ4v) is 5.27. The predicted octanol–water partition coefficient (Wildman–Crippen LogP) is 10.1. The summed E-state index contributed by atoms with van der Waals surface area (Å²) in [6.45, 7) is -0.967. The van der Waals surface area contributed by atoms with Gasteiger partial charge in [-0.05, 0) is 79.0 Å². The van der Waals surface area contributed by atoms with Crippen LogP contribution in [-0.2, 0) is 6.11 Å². The van der Waals surface area contributed by atoms with Gasteiger partial charge in [-0.3, -0.25) is 0 Å². The maximum atomic E-state index is 15.2. The lowest BCUT2D eigenvalue weighted by Crippen LogP contribution is -2.22. The van der Waals surface area contributed by atoms with Crippen LogP contribution < -0.4 is 9.47 Å². The average Bonchev–Trinajstić information content (AvgIpc) is 2.90. The molecule has 0 amide bonds. The second-order valence-corrected chi connectivity index (χ2v) is 9.97. The van der Waals surface area contributed by atoms with Gasteiger partial charge in [-0.25, -0.2) is 4.39 Å². The molecule has 1 fully saturated rings. The number of unbranched alkanes of at least 4 members (excludes halogenated alkanes) is 2. The molecule has 0 N–H and O–H groups in total. The van der Waals surface area contributed by atoms with Gasteiger partial charge < -0.3 is 9.47 Å². The van der Waals surface area contributed by atoms with Gasteiger partial charge in [0.05, 0.1) is 5.56 Å². The van der Waals surface area contributed by atoms with Crippen LogP contribution in [0.2, 0.25) is 0 Å². The van der Waals surface area contributed by atoms with Crippen LogP contribution in [0.1, 0.15) is 75.3 Å². The standard InChI is InChI=1S/C31H33F5O2/c1-2-3-4-7-21-10-12-22(13-11-21)23-14-17-25(18-15-23)31(35,36)38-28-9-6-5-8-26(28)24-16-19-29(27(32)20-24)37-30(33)34/h5-6,8-9,14-22,30H,2-4,7,10-13H2,1H3/t21-,22-. The van der Waals surface area contributed by atoms with Crippen molar-refractivity contribution in [2.75, 3.05) is 0 Å². The van der Waals surface area contributed by atoms with Crippen molar-refractivity contribution in [3.63, 3.8) is 0 Å². The second kappa shape index (κ2) is 12.6. The van der Waals surface area contributed by atoms with Crippen molar-refractivity contribution in [1.29, 1.82) is 0 Å². The second-order valence-electron chi connectivity index (χ2n) is 9.97. The highest BCUT2D eigenvalue weighted by Crippen LogP contribution is 2.41. The summed E-state index contributed by atoms with van der Waals surface area (Å²) >= 11 is 0. The molecule has 0 spiro atoms. The van der Waals surface area contributed by atoms with Gasteiger partial charge in [-0.2, -0.15) is 17.6 Å². The number of rotatable bonds is 11. The topological polar surface area (TPSA) is 18.5 Å². The summed E-state index contributed by atoms with van der Waals surface area (Å²) in [5, 5.41) is 0. The Morgan fingerprint density at radius 3 is 2.24 bits per heavy atom. The Labute approximate surface area is 220 Å². The summed E-state index contributed by atoms with van der Waals surface area (Å²) in [6.07, 6.45) is 5.96. The number of hydrogen-bond acceptors (Lipinski definition) is 2. The van der Waals surface area contributed by atoms with E-state index in [0.717, 1.165) is 36.5 Å². The first-order valence-electron chi connectivity index (χ1n) is 13.3. The van der Waals surface area contributed by atoms with Gasteiger partial charge in [0.2, 0.25) is 0 Å². The van der Waals surface area contributed by atoms with Gasteiger partial charge in [0.25, 0.3) is 0 Å². The van der Waals surface area contributed by atoms with Crippen LogP contribution in [0.15, 0.2) is 66.7 Å². The van der Waals surface area contributed by atoms with Crippen molar-refractivity contribution in [2.24, 2.45) is 5.92 Å². The third-order valence-corrected chi connectivity index (χ3v) is 7.36. The third kappa shape index (κ3) is 7.06. The zero-order valence-electron chi connectivity index (χ0n) is 21.4. The summed E-state index contributed by atoms with van der Waals surface area (Å²) in [5.74, 6) is -0.664. The minimum absolute atomic E-state index is 0.162. The minimum atomic E-state index is -3.64. The normalized spacial score (nSPS) is 18.0. The van der Waals surface area contributed by atoms with Crippen LogP contribution in [0.3, 0.4) is 0 Å². The van der Waals surface area contributed by atoms with Crippen molar-refractivity contribution in [3.05, 3.63) is 83.7 Å². The molecular weight excluding hydrogens is 499 g/mol. The maximum absolute atomic E-state index is 15.2. The van der Waals surface area contributed by atoms with E-state index in [0.29, 0.717) is 5.92 Å². The van der Waals surface area contributed by atoms with Crippen LogP contribution in [-0.4, -0.2) is 6.61 Å². The Morgan fingerprint density at radius 2 is 1.58 bits per heavy atom. The molecule has 0 unspecified atom stereocenters. The molecule has 0 radical (unpaired) electrons. The zero-order valence-corrected chi connectivity index (χ0v) is 21.4. The van der Waals surface area contributed by atoms with Crippen LogP contribution in [0, 0.1) is 11.7 Å². The van der Waals surface area contributed by atoms with Gasteiger partial charge in [0, 0.05) is 5.56 Å². The van der Waals surface area contributed by atoms with E-state index in [-0.39, 0.29) is 22.4 Å². The van der Waals surface area contributed by atoms with E-state index in [1.165, 1.54) is 74.9 Å². The van der Waals surface area contributed by atoms with E-state index in [1.54, 1.807) is 18.2 Å². The molecule has 204 valence electrons. The van der Waals surface area contributed by atoms with Crippen LogP contribution in [0.4, 0.5) is 22.0 Å². The highest BCUT2D eigenvalue weighted by atomic mass is 19.3. The van der Waals surface area contributed by atoms with E-state index in [4.69, 9.17) is 4.74 Å². The molecule has 38 heavy (non-hydrogen) atoms. The third-order valence-electron chi connectivity index (χ3n) is 7.36. The first-order valence-corrected chi connectivity index (χ1v) is 13.3. The molecule has 0 atom stereocenters. The monoisotopic (exact) mass is 532 g/mol. The van der Waals surface area contributed by atoms with Crippen molar-refractivity contribution in [1.82, 2.24) is 0 Å². The smallest absolute Gasteiger partial charge is 0.426 e. The lowest BCUT2D eigenvalue weighted by molar-refractivity contribution is -0.185. The fourth-order valence-electron chi connectivity index (χ4n) is 5.27. The Hall–Kier alpha value is -3.09. The van der Waals surface area contributed by atoms with Crippen LogP contribution >= 0.6 is 0 Å². The summed E-state index contributed by atoms with van der Waals surface area (Å²) in [5.41, 5.74) is 1.17. The first-order chi connectivity index (χ1) is 18.3. The zero-order chi connectivity index (χ0) is 27.1. The number of hydrogen-bond donors (Lipinski definition) is 0. The van der Waals surface area contributed by atoms with Crippen LogP contribution in [0.5, 0.6) is 11.5 Å². The molecule has 2 nitrogen and oxygen atoms in total. The molecule has 4 rings (SSSR count). The quantitative estimate of drug-likeness (QED) is 0.181. The molecule has 3 aromatic rings. The van der Waals surface area contributed by atoms with Crippen molar-refractivity contribution in [2.45, 2.75) is 76.9 Å². The molecule has 1 saturated carbocycles. The summed E-state index contributed by atoms with van der Waals surface area (Å²) in [4.78, 5) is 0. The minimum Gasteiger partial charge on any atom is -0.432 e. The predicted molar refractivity (Wildman–Crippen MR) is 138 cm³/mol. The van der Waals surface area contributed by atoms with E-state index in [1.807, 2.05) is 0 Å². The Bertz CT molecular complexity index is 1170. The fraction of sp³-hybridized carbons (Fsp3) is 0.419. The molecule has 1 aliphatic carbocycles. The van der Waals surface area contributed by atoms with E-state index >= 15 is 8.78 Å². The molecule has 0 aromatic heterocycles. The Morgan fingerprint density at radius 1 is 0.868 bits per heavy atom. The number of para-hydroxylation sites is 1. The number of ether oxygens (including phenoxy) is 2. The van der Waals surface area contributed by atoms with Gasteiger partial charge in [-0.1, -0.05) is 69.0 Å². The van der Waals surface area contributed by atoms with Gasteiger partial charge in [-0.15, -0.1) is 0 Å². The average molecular weight is 533 g/mol. The van der Waals surface area contributed by atoms with Crippen molar-refractivity contribution in [3.8, 4) is 22.6 Å². The maximum Gasteiger partial charge on any atom is 0.426 e. The molecule has 0 bridgehead atoms. The van der Waals surface area contributed by atoms with Crippen molar-refractivity contribution < 1.29 is 31.4 Å². The molecule has 1 aliphatic rings.